The lowest BCUT2D eigenvalue weighted by Crippen LogP contribution is -2.56. The van der Waals surface area contributed by atoms with Gasteiger partial charge in [0.25, 0.3) is 0 Å². The van der Waals surface area contributed by atoms with E-state index in [0.717, 1.165) is 77.1 Å². The number of thiophene rings is 1. The molecule has 0 aliphatic rings. The molecule has 0 radical (unpaired) electrons. The second kappa shape index (κ2) is 16.1. The number of nitriles is 1. The molecule has 13 rings (SSSR count). The van der Waals surface area contributed by atoms with Gasteiger partial charge in [-0.1, -0.05) is 137 Å². The predicted molar refractivity (Wildman–Crippen MR) is 309 cm³/mol. The van der Waals surface area contributed by atoms with Gasteiger partial charge in [0, 0.05) is 64.1 Å². The molecule has 0 unspecified atom stereocenters. The summed E-state index contributed by atoms with van der Waals surface area (Å²) in [6.45, 7) is 0. The number of nitrogens with zero attached hydrogens (tertiary/aromatic N) is 6. The van der Waals surface area contributed by atoms with E-state index in [1.54, 1.807) is 11.3 Å². The summed E-state index contributed by atoms with van der Waals surface area (Å²) in [6.07, 6.45) is 0. The van der Waals surface area contributed by atoms with Gasteiger partial charge in [0.15, 0.2) is 17.5 Å². The zero-order chi connectivity index (χ0) is 47.4. The molecule has 4 aromatic heterocycles. The number of para-hydroxylation sites is 2. The third-order valence-corrected chi connectivity index (χ3v) is 15.9. The molecule has 0 N–H and O–H groups in total. The Kier molecular flexibility index (Phi) is 9.62. The standard InChI is InChI=1S/C58H39B5N6S/c59-49-50(60)52(62)55(53(63)51(49)61)69-44-16-8-5-14-40(44)48-45(69)26-24-39-37-12-4-7-15-43(37)68(54(39)48)42-25-22-34(28-36(42)30-64)57-65-56(33-20-18-32(19-21-33)31-10-2-1-3-11-31)66-58(67-57)35-23-27-47-41(29-35)38-13-6-9-17-46(38)70-47/h1-29H,59-63H2. The van der Waals surface area contributed by atoms with Gasteiger partial charge < -0.3 is 9.13 Å². The average Bonchev–Trinajstić information content (AvgIpc) is 4.07. The molecule has 0 aliphatic carbocycles. The van der Waals surface area contributed by atoms with Gasteiger partial charge in [-0.2, -0.15) is 5.26 Å². The van der Waals surface area contributed by atoms with E-state index in [9.17, 15) is 5.26 Å². The summed E-state index contributed by atoms with van der Waals surface area (Å²) in [5, 5.41) is 18.2. The fourth-order valence-electron chi connectivity index (χ4n) is 10.8. The Morgan fingerprint density at radius 3 is 1.64 bits per heavy atom. The minimum Gasteiger partial charge on any atom is -0.310 e. The minimum absolute atomic E-state index is 0.493. The molecular weight excluding hydrogens is 867 g/mol. The summed E-state index contributed by atoms with van der Waals surface area (Å²) in [5.41, 5.74) is 18.2. The SMILES string of the molecule is Bc1c(B)c(B)c(-n2c3ccccc3c3c2ccc2c4ccccc4n(-c4ccc(-c5nc(-c6ccc(-c7ccccc7)cc6)nc(-c6ccc7sc8ccccc8c7c6)n5)cc4C#N)c23)c(B)c1B. The largest absolute Gasteiger partial charge is 0.310 e. The Labute approximate surface area is 413 Å². The first-order chi connectivity index (χ1) is 34.2. The maximum absolute atomic E-state index is 11.2. The summed E-state index contributed by atoms with van der Waals surface area (Å²) in [5.74, 6) is 1.62. The zero-order valence-electron chi connectivity index (χ0n) is 39.3. The van der Waals surface area contributed by atoms with Crippen molar-refractivity contribution in [3.8, 4) is 62.7 Å². The van der Waals surface area contributed by atoms with Crippen molar-refractivity contribution in [2.45, 2.75) is 0 Å². The van der Waals surface area contributed by atoms with Gasteiger partial charge in [0.05, 0.1) is 33.3 Å². The Morgan fingerprint density at radius 2 is 0.929 bits per heavy atom. The molecule has 0 saturated carbocycles. The quantitative estimate of drug-likeness (QED) is 0.185. The molecule has 9 aromatic carbocycles. The first kappa shape index (κ1) is 41.8. The van der Waals surface area contributed by atoms with E-state index in [1.807, 2.05) is 12.1 Å². The van der Waals surface area contributed by atoms with Crippen LogP contribution in [-0.2, 0) is 0 Å². The Balaban J connectivity index is 1.02. The fraction of sp³-hybridized carbons (Fsp3) is 0. The van der Waals surface area contributed by atoms with Gasteiger partial charge in [-0.3, -0.25) is 0 Å². The fourth-order valence-corrected chi connectivity index (χ4v) is 11.9. The molecule has 4 heterocycles. The molecule has 0 aliphatic heterocycles. The zero-order valence-corrected chi connectivity index (χ0v) is 40.2. The van der Waals surface area contributed by atoms with Gasteiger partial charge in [0.1, 0.15) is 45.3 Å². The molecule has 0 fully saturated rings. The highest BCUT2D eigenvalue weighted by atomic mass is 32.1. The van der Waals surface area contributed by atoms with E-state index in [2.05, 4.69) is 218 Å². The van der Waals surface area contributed by atoms with E-state index in [0.29, 0.717) is 23.0 Å². The summed E-state index contributed by atoms with van der Waals surface area (Å²) in [4.78, 5) is 15.5. The lowest BCUT2D eigenvalue weighted by Gasteiger charge is -2.22. The van der Waals surface area contributed by atoms with Crippen LogP contribution in [0.25, 0.3) is 120 Å². The molecule has 12 heteroatoms. The molecule has 322 valence electrons. The van der Waals surface area contributed by atoms with Crippen LogP contribution < -0.4 is 27.3 Å². The smallest absolute Gasteiger partial charge is 0.164 e. The maximum Gasteiger partial charge on any atom is 0.164 e. The van der Waals surface area contributed by atoms with Crippen LogP contribution in [0.2, 0.25) is 0 Å². The summed E-state index contributed by atoms with van der Waals surface area (Å²) >= 11 is 1.79. The maximum atomic E-state index is 11.2. The van der Waals surface area contributed by atoms with Crippen LogP contribution in [0, 0.1) is 11.3 Å². The van der Waals surface area contributed by atoms with E-state index in [-0.39, 0.29) is 0 Å². The highest BCUT2D eigenvalue weighted by Gasteiger charge is 2.25. The van der Waals surface area contributed by atoms with Gasteiger partial charge >= 0.3 is 0 Å². The number of fused-ring (bicyclic) bond motifs is 10. The topological polar surface area (TPSA) is 72.3 Å². The van der Waals surface area contributed by atoms with E-state index < -0.39 is 0 Å². The van der Waals surface area contributed by atoms with Crippen molar-refractivity contribution in [3.63, 3.8) is 0 Å². The highest BCUT2D eigenvalue weighted by molar-refractivity contribution is 7.25. The number of hydrogen-bond acceptors (Lipinski definition) is 5. The normalized spacial score (nSPS) is 11.7. The van der Waals surface area contributed by atoms with Crippen molar-refractivity contribution in [3.05, 3.63) is 181 Å². The first-order valence-electron chi connectivity index (χ1n) is 23.7. The van der Waals surface area contributed by atoms with Gasteiger partial charge in [0.2, 0.25) is 0 Å². The first-order valence-corrected chi connectivity index (χ1v) is 24.5. The van der Waals surface area contributed by atoms with Crippen molar-refractivity contribution in [2.24, 2.45) is 0 Å². The van der Waals surface area contributed by atoms with E-state index in [4.69, 9.17) is 15.0 Å². The number of rotatable bonds is 6. The Bertz CT molecular complexity index is 4350. The Hall–Kier alpha value is -8.38. The average molecular weight is 906 g/mol. The molecule has 6 nitrogen and oxygen atoms in total. The highest BCUT2D eigenvalue weighted by Crippen LogP contribution is 2.43. The molecule has 0 saturated heterocycles. The number of aromatic nitrogens is 5. The summed E-state index contributed by atoms with van der Waals surface area (Å²) in [7, 11) is 11.2. The number of hydrogen-bond donors (Lipinski definition) is 0. The Morgan fingerprint density at radius 1 is 0.400 bits per heavy atom. The van der Waals surface area contributed by atoms with Gasteiger partial charge in [-0.05, 0) is 71.8 Å². The van der Waals surface area contributed by atoms with Crippen LogP contribution >= 0.6 is 11.3 Å². The van der Waals surface area contributed by atoms with E-state index in [1.165, 1.54) is 53.2 Å². The molecular formula is C58H39B5N6S. The van der Waals surface area contributed by atoms with Crippen LogP contribution in [0.3, 0.4) is 0 Å². The van der Waals surface area contributed by atoms with Crippen molar-refractivity contribution >= 4 is 142 Å². The third kappa shape index (κ3) is 6.35. The third-order valence-electron chi connectivity index (χ3n) is 14.8. The van der Waals surface area contributed by atoms with Crippen molar-refractivity contribution in [2.75, 3.05) is 0 Å². The lowest BCUT2D eigenvalue weighted by atomic mass is 9.61. The molecule has 0 atom stereocenters. The molecule has 0 spiro atoms. The number of benzene rings is 9. The van der Waals surface area contributed by atoms with Crippen LogP contribution in [0.15, 0.2) is 176 Å². The molecule has 70 heavy (non-hydrogen) atoms. The summed E-state index contributed by atoms with van der Waals surface area (Å²) in [6, 6.07) is 64.3. The van der Waals surface area contributed by atoms with Crippen LogP contribution in [0.5, 0.6) is 0 Å². The molecule has 0 bridgehead atoms. The van der Waals surface area contributed by atoms with Gasteiger partial charge in [-0.25, -0.2) is 15.0 Å². The van der Waals surface area contributed by atoms with E-state index >= 15 is 0 Å². The van der Waals surface area contributed by atoms with Crippen molar-refractivity contribution < 1.29 is 0 Å². The van der Waals surface area contributed by atoms with Crippen LogP contribution in [0.4, 0.5) is 0 Å². The second-order valence-electron chi connectivity index (χ2n) is 18.4. The molecule has 13 aromatic rings. The minimum atomic E-state index is 0.493. The van der Waals surface area contributed by atoms with Crippen molar-refractivity contribution in [1.82, 2.24) is 24.1 Å². The van der Waals surface area contributed by atoms with Gasteiger partial charge in [-0.15, -0.1) is 16.8 Å². The molecule has 0 amide bonds. The van der Waals surface area contributed by atoms with Crippen molar-refractivity contribution in [1.29, 1.82) is 5.26 Å². The lowest BCUT2D eigenvalue weighted by molar-refractivity contribution is 1.07. The predicted octanol–water partition coefficient (Wildman–Crippen LogP) is 6.27. The van der Waals surface area contributed by atoms with Crippen LogP contribution in [-0.4, -0.2) is 63.3 Å². The summed E-state index contributed by atoms with van der Waals surface area (Å²) < 4.78 is 7.22. The monoisotopic (exact) mass is 906 g/mol. The van der Waals surface area contributed by atoms with Crippen LogP contribution in [0.1, 0.15) is 5.56 Å². The second-order valence-corrected chi connectivity index (χ2v) is 19.5.